The maximum Gasteiger partial charge on any atom is 0.224 e. The largest absolute Gasteiger partial charge is 0.340 e. The Morgan fingerprint density at radius 3 is 1.83 bits per heavy atom. The molecule has 2 aliphatic heterocycles. The molecule has 0 saturated carbocycles. The summed E-state index contributed by atoms with van der Waals surface area (Å²) in [5, 5.41) is 0. The van der Waals surface area contributed by atoms with E-state index in [2.05, 4.69) is 36.4 Å². The summed E-state index contributed by atoms with van der Waals surface area (Å²) >= 11 is 1.78. The first-order valence-corrected chi connectivity index (χ1v) is 6.87. The lowest BCUT2D eigenvalue weighted by Gasteiger charge is -2.35. The van der Waals surface area contributed by atoms with Crippen molar-refractivity contribution in [1.29, 1.82) is 0 Å². The minimum absolute atomic E-state index is 0.646. The number of rotatable bonds is 0. The number of ether oxygens (including phenoxy) is 2. The minimum atomic E-state index is -0.682. The fourth-order valence-corrected chi connectivity index (χ4v) is 3.80. The average Bonchev–Trinajstić information content (AvgIpc) is 2.90. The van der Waals surface area contributed by atoms with Gasteiger partial charge in [0, 0.05) is 20.9 Å². The Morgan fingerprint density at radius 1 is 0.778 bits per heavy atom. The fraction of sp³-hybridized carbons (Fsp3) is 0.200. The summed E-state index contributed by atoms with van der Waals surface area (Å²) in [5.41, 5.74) is 2.26. The quantitative estimate of drug-likeness (QED) is 0.719. The van der Waals surface area contributed by atoms with Crippen LogP contribution in [-0.4, -0.2) is 13.2 Å². The number of hydrogen-bond donors (Lipinski definition) is 0. The molecule has 0 aromatic heterocycles. The number of hydrogen-bond acceptors (Lipinski definition) is 3. The van der Waals surface area contributed by atoms with Crippen LogP contribution in [0.1, 0.15) is 11.1 Å². The highest BCUT2D eigenvalue weighted by molar-refractivity contribution is 7.99. The normalized spacial score (nSPS) is 19.6. The molecule has 0 radical (unpaired) electrons. The topological polar surface area (TPSA) is 18.5 Å². The Kier molecular flexibility index (Phi) is 2.27. The van der Waals surface area contributed by atoms with E-state index in [0.29, 0.717) is 13.2 Å². The summed E-state index contributed by atoms with van der Waals surface area (Å²) in [6.45, 7) is 1.29. The molecule has 1 fully saturated rings. The maximum atomic E-state index is 6.00. The highest BCUT2D eigenvalue weighted by Crippen LogP contribution is 2.51. The van der Waals surface area contributed by atoms with E-state index in [-0.39, 0.29) is 0 Å². The van der Waals surface area contributed by atoms with E-state index in [4.69, 9.17) is 9.47 Å². The maximum absolute atomic E-state index is 6.00. The molecule has 2 nitrogen and oxygen atoms in total. The second-order valence-corrected chi connectivity index (χ2v) is 5.49. The Morgan fingerprint density at radius 2 is 1.28 bits per heavy atom. The highest BCUT2D eigenvalue weighted by atomic mass is 32.2. The summed E-state index contributed by atoms with van der Waals surface area (Å²) in [6, 6.07) is 16.7. The second-order valence-electron chi connectivity index (χ2n) is 4.41. The third kappa shape index (κ3) is 1.32. The van der Waals surface area contributed by atoms with Crippen molar-refractivity contribution >= 4 is 11.8 Å². The summed E-state index contributed by atoms with van der Waals surface area (Å²) in [6.07, 6.45) is 0. The van der Waals surface area contributed by atoms with E-state index in [9.17, 15) is 0 Å². The van der Waals surface area contributed by atoms with Crippen molar-refractivity contribution in [2.24, 2.45) is 0 Å². The van der Waals surface area contributed by atoms with Crippen LogP contribution in [0.3, 0.4) is 0 Å². The molecule has 0 amide bonds. The molecule has 2 heterocycles. The average molecular weight is 256 g/mol. The molecule has 0 atom stereocenters. The van der Waals surface area contributed by atoms with E-state index in [1.54, 1.807) is 11.8 Å². The first-order chi connectivity index (χ1) is 8.90. The van der Waals surface area contributed by atoms with Crippen molar-refractivity contribution in [2.45, 2.75) is 15.6 Å². The zero-order valence-electron chi connectivity index (χ0n) is 9.76. The van der Waals surface area contributed by atoms with Gasteiger partial charge in [0.2, 0.25) is 5.79 Å². The molecular weight excluding hydrogens is 244 g/mol. The first kappa shape index (κ1) is 10.6. The van der Waals surface area contributed by atoms with Gasteiger partial charge in [0.05, 0.1) is 13.2 Å². The summed E-state index contributed by atoms with van der Waals surface area (Å²) in [5.74, 6) is -0.682. The molecule has 1 spiro atoms. The lowest BCUT2D eigenvalue weighted by Crippen LogP contribution is -2.32. The zero-order chi connectivity index (χ0) is 12.0. The van der Waals surface area contributed by atoms with Gasteiger partial charge in [0.25, 0.3) is 0 Å². The summed E-state index contributed by atoms with van der Waals surface area (Å²) in [4.78, 5) is 2.44. The molecule has 2 aromatic carbocycles. The Labute approximate surface area is 110 Å². The first-order valence-electron chi connectivity index (χ1n) is 6.05. The van der Waals surface area contributed by atoms with Crippen LogP contribution in [0.4, 0.5) is 0 Å². The molecule has 3 heteroatoms. The number of fused-ring (bicyclic) bond motifs is 4. The van der Waals surface area contributed by atoms with Gasteiger partial charge in [-0.05, 0) is 12.1 Å². The van der Waals surface area contributed by atoms with Crippen LogP contribution in [0.5, 0.6) is 0 Å². The van der Waals surface area contributed by atoms with Crippen LogP contribution in [-0.2, 0) is 15.3 Å². The van der Waals surface area contributed by atoms with E-state index in [1.165, 1.54) is 9.79 Å². The Hall–Kier alpha value is -1.29. The lowest BCUT2D eigenvalue weighted by molar-refractivity contribution is -0.134. The second kappa shape index (κ2) is 3.85. The Balaban J connectivity index is 2.01. The van der Waals surface area contributed by atoms with Crippen molar-refractivity contribution in [3.8, 4) is 0 Å². The highest BCUT2D eigenvalue weighted by Gasteiger charge is 2.46. The van der Waals surface area contributed by atoms with Crippen LogP contribution in [0.25, 0.3) is 0 Å². The molecule has 1 saturated heterocycles. The van der Waals surface area contributed by atoms with Gasteiger partial charge in [-0.1, -0.05) is 48.2 Å². The monoisotopic (exact) mass is 256 g/mol. The Bertz CT molecular complexity index is 555. The van der Waals surface area contributed by atoms with Crippen molar-refractivity contribution in [3.63, 3.8) is 0 Å². The molecule has 0 N–H and O–H groups in total. The SMILES string of the molecule is c1ccc2c(c1)Sc1ccccc1C21OCCO1. The predicted molar refractivity (Wildman–Crippen MR) is 69.7 cm³/mol. The third-order valence-electron chi connectivity index (χ3n) is 3.40. The van der Waals surface area contributed by atoms with E-state index in [0.717, 1.165) is 11.1 Å². The molecular formula is C15H12O2S. The summed E-state index contributed by atoms with van der Waals surface area (Å²) < 4.78 is 12.0. The van der Waals surface area contributed by atoms with Crippen molar-refractivity contribution in [2.75, 3.05) is 13.2 Å². The van der Waals surface area contributed by atoms with Crippen LogP contribution in [0, 0.1) is 0 Å². The smallest absolute Gasteiger partial charge is 0.224 e. The van der Waals surface area contributed by atoms with E-state index < -0.39 is 5.79 Å². The van der Waals surface area contributed by atoms with Gasteiger partial charge >= 0.3 is 0 Å². The summed E-state index contributed by atoms with van der Waals surface area (Å²) in [7, 11) is 0. The molecule has 0 bridgehead atoms. The van der Waals surface area contributed by atoms with E-state index in [1.807, 2.05) is 12.1 Å². The van der Waals surface area contributed by atoms with Gasteiger partial charge in [-0.2, -0.15) is 0 Å². The molecule has 4 rings (SSSR count). The molecule has 2 aliphatic rings. The molecule has 2 aromatic rings. The minimum Gasteiger partial charge on any atom is -0.340 e. The van der Waals surface area contributed by atoms with Gasteiger partial charge in [-0.3, -0.25) is 0 Å². The molecule has 18 heavy (non-hydrogen) atoms. The van der Waals surface area contributed by atoms with Crippen molar-refractivity contribution < 1.29 is 9.47 Å². The van der Waals surface area contributed by atoms with Crippen LogP contribution in [0.15, 0.2) is 58.3 Å². The fourth-order valence-electron chi connectivity index (χ4n) is 2.64. The third-order valence-corrected chi connectivity index (χ3v) is 4.55. The molecule has 0 aliphatic carbocycles. The molecule has 90 valence electrons. The van der Waals surface area contributed by atoms with Gasteiger partial charge < -0.3 is 9.47 Å². The van der Waals surface area contributed by atoms with Crippen LogP contribution in [0.2, 0.25) is 0 Å². The van der Waals surface area contributed by atoms with E-state index >= 15 is 0 Å². The van der Waals surface area contributed by atoms with Crippen molar-refractivity contribution in [1.82, 2.24) is 0 Å². The zero-order valence-corrected chi connectivity index (χ0v) is 10.6. The molecule has 0 unspecified atom stereocenters. The lowest BCUT2D eigenvalue weighted by atomic mass is 9.96. The predicted octanol–water partition coefficient (Wildman–Crippen LogP) is 3.40. The van der Waals surface area contributed by atoms with Gasteiger partial charge in [0.15, 0.2) is 0 Å². The van der Waals surface area contributed by atoms with Gasteiger partial charge in [-0.25, -0.2) is 0 Å². The van der Waals surface area contributed by atoms with Gasteiger partial charge in [0.1, 0.15) is 0 Å². The number of benzene rings is 2. The van der Waals surface area contributed by atoms with Crippen molar-refractivity contribution in [3.05, 3.63) is 59.7 Å². The standard InChI is InChI=1S/C15H12O2S/c1-3-7-13-11(5-1)15(16-9-10-17-15)12-6-2-4-8-14(12)18-13/h1-8H,9-10H2. The van der Waals surface area contributed by atoms with Crippen LogP contribution < -0.4 is 0 Å². The van der Waals surface area contributed by atoms with Gasteiger partial charge in [-0.15, -0.1) is 0 Å². The van der Waals surface area contributed by atoms with Crippen LogP contribution >= 0.6 is 11.8 Å².